The first-order valence-corrected chi connectivity index (χ1v) is 7.83. The molecule has 1 heterocycles. The van der Waals surface area contributed by atoms with E-state index >= 15 is 0 Å². The second-order valence-corrected chi connectivity index (χ2v) is 6.38. The zero-order valence-electron chi connectivity index (χ0n) is 13.1. The Hall–Kier alpha value is -1.14. The molecule has 1 saturated heterocycles. The number of hydrogen-bond donors (Lipinski definition) is 2. The van der Waals surface area contributed by atoms with E-state index in [1.165, 1.54) is 0 Å². The molecule has 0 aliphatic carbocycles. The highest BCUT2D eigenvalue weighted by molar-refractivity contribution is 6.34. The van der Waals surface area contributed by atoms with Gasteiger partial charge in [0.2, 0.25) is 0 Å². The topological polar surface area (TPSA) is 61.8 Å². The number of aryl methyl sites for hydroxylation is 1. The molecule has 1 atom stereocenters. The van der Waals surface area contributed by atoms with E-state index in [4.69, 9.17) is 16.3 Å². The Morgan fingerprint density at radius 1 is 1.45 bits per heavy atom. The zero-order valence-corrected chi connectivity index (χ0v) is 13.8. The molecule has 2 rings (SSSR count). The molecule has 0 bridgehead atoms. The van der Waals surface area contributed by atoms with Crippen LogP contribution in [0.4, 0.5) is 0 Å². The van der Waals surface area contributed by atoms with Crippen LogP contribution in [0.25, 0.3) is 0 Å². The van der Waals surface area contributed by atoms with Gasteiger partial charge in [-0.15, -0.1) is 0 Å². The van der Waals surface area contributed by atoms with E-state index in [1.807, 2.05) is 13.0 Å². The van der Waals surface area contributed by atoms with Crippen LogP contribution in [0.1, 0.15) is 22.8 Å². The fraction of sp³-hybridized carbons (Fsp3) is 0.562. The number of nitrogens with zero attached hydrogens (tertiary/aromatic N) is 1. The average Bonchev–Trinajstić information content (AvgIpc) is 2.48. The summed E-state index contributed by atoms with van der Waals surface area (Å²) in [6, 6.07) is 5.33. The maximum absolute atomic E-state index is 12.2. The van der Waals surface area contributed by atoms with Gasteiger partial charge in [-0.3, -0.25) is 9.69 Å². The number of benzene rings is 1. The largest absolute Gasteiger partial charge is 0.387 e. The highest BCUT2D eigenvalue weighted by atomic mass is 35.5. The Morgan fingerprint density at radius 2 is 2.14 bits per heavy atom. The number of rotatable bonds is 5. The minimum Gasteiger partial charge on any atom is -0.387 e. The number of morpholine rings is 1. The van der Waals surface area contributed by atoms with Gasteiger partial charge in [0.05, 0.1) is 29.4 Å². The van der Waals surface area contributed by atoms with E-state index < -0.39 is 5.60 Å². The van der Waals surface area contributed by atoms with Crippen molar-refractivity contribution in [2.24, 2.45) is 0 Å². The number of carbonyl (C=O) groups excluding carboxylic acids is 1. The first-order chi connectivity index (χ1) is 10.4. The predicted molar refractivity (Wildman–Crippen MR) is 86.4 cm³/mol. The van der Waals surface area contributed by atoms with Gasteiger partial charge in [-0.25, -0.2) is 0 Å². The number of hydrogen-bond acceptors (Lipinski definition) is 4. The van der Waals surface area contributed by atoms with Crippen molar-refractivity contribution in [1.29, 1.82) is 0 Å². The van der Waals surface area contributed by atoms with E-state index in [0.29, 0.717) is 30.3 Å². The van der Waals surface area contributed by atoms with Crippen molar-refractivity contribution in [3.8, 4) is 0 Å². The third kappa shape index (κ3) is 4.68. The van der Waals surface area contributed by atoms with Crippen molar-refractivity contribution >= 4 is 17.5 Å². The fourth-order valence-corrected chi connectivity index (χ4v) is 2.70. The van der Waals surface area contributed by atoms with Crippen LogP contribution in [0.3, 0.4) is 0 Å². The summed E-state index contributed by atoms with van der Waals surface area (Å²) in [6.45, 7) is 7.21. The molecule has 1 aliphatic rings. The third-order valence-corrected chi connectivity index (χ3v) is 4.24. The van der Waals surface area contributed by atoms with Gasteiger partial charge in [-0.2, -0.15) is 0 Å². The number of ether oxygens (including phenoxy) is 1. The van der Waals surface area contributed by atoms with Gasteiger partial charge < -0.3 is 15.2 Å². The molecule has 1 aliphatic heterocycles. The van der Waals surface area contributed by atoms with E-state index in [-0.39, 0.29) is 12.5 Å². The Bertz CT molecular complexity index is 528. The Labute approximate surface area is 136 Å². The molecule has 1 aromatic carbocycles. The van der Waals surface area contributed by atoms with Crippen molar-refractivity contribution in [3.63, 3.8) is 0 Å². The molecule has 1 aromatic rings. The number of amides is 1. The van der Waals surface area contributed by atoms with Crippen LogP contribution in [0.2, 0.25) is 5.02 Å². The van der Waals surface area contributed by atoms with Crippen LogP contribution in [0, 0.1) is 6.92 Å². The Balaban J connectivity index is 1.90. The third-order valence-electron chi connectivity index (χ3n) is 3.73. The lowest BCUT2D eigenvalue weighted by molar-refractivity contribution is -0.0213. The summed E-state index contributed by atoms with van der Waals surface area (Å²) >= 11 is 6.15. The quantitative estimate of drug-likeness (QED) is 0.860. The fourth-order valence-electron chi connectivity index (χ4n) is 2.49. The van der Waals surface area contributed by atoms with E-state index in [1.54, 1.807) is 19.1 Å². The van der Waals surface area contributed by atoms with Gasteiger partial charge >= 0.3 is 0 Å². The minimum absolute atomic E-state index is 0.174. The van der Waals surface area contributed by atoms with Crippen LogP contribution in [-0.4, -0.2) is 60.9 Å². The van der Waals surface area contributed by atoms with E-state index in [0.717, 1.165) is 18.7 Å². The van der Waals surface area contributed by atoms with Crippen LogP contribution in [-0.2, 0) is 4.74 Å². The summed E-state index contributed by atoms with van der Waals surface area (Å²) in [6.07, 6.45) is 0. The molecular weight excluding hydrogens is 304 g/mol. The molecule has 122 valence electrons. The van der Waals surface area contributed by atoms with Crippen LogP contribution >= 0.6 is 11.6 Å². The van der Waals surface area contributed by atoms with Gasteiger partial charge in [0.25, 0.3) is 5.91 Å². The molecule has 5 nitrogen and oxygen atoms in total. The summed E-state index contributed by atoms with van der Waals surface area (Å²) in [4.78, 5) is 14.4. The molecule has 0 spiro atoms. The molecule has 1 unspecified atom stereocenters. The lowest BCUT2D eigenvalue weighted by Crippen LogP contribution is -2.51. The first kappa shape index (κ1) is 17.2. The lowest BCUT2D eigenvalue weighted by Gasteiger charge is -2.33. The number of halogens is 1. The second kappa shape index (κ2) is 7.42. The van der Waals surface area contributed by atoms with E-state index in [9.17, 15) is 9.90 Å². The minimum atomic E-state index is -0.997. The molecule has 2 N–H and O–H groups in total. The summed E-state index contributed by atoms with van der Waals surface area (Å²) < 4.78 is 5.29. The second-order valence-electron chi connectivity index (χ2n) is 6.00. The lowest BCUT2D eigenvalue weighted by atomic mass is 10.1. The average molecular weight is 327 g/mol. The summed E-state index contributed by atoms with van der Waals surface area (Å²) in [7, 11) is 0. The van der Waals surface area contributed by atoms with Gasteiger partial charge in [-0.1, -0.05) is 23.7 Å². The molecule has 22 heavy (non-hydrogen) atoms. The van der Waals surface area contributed by atoms with Crippen molar-refractivity contribution in [1.82, 2.24) is 10.2 Å². The Kier molecular flexibility index (Phi) is 5.81. The van der Waals surface area contributed by atoms with Crippen LogP contribution in [0.5, 0.6) is 0 Å². The summed E-state index contributed by atoms with van der Waals surface area (Å²) in [5.41, 5.74) is 0.293. The van der Waals surface area contributed by atoms with Crippen molar-refractivity contribution in [2.75, 3.05) is 39.4 Å². The number of β-amino-alcohol motifs (C(OH)–C–C–N with tert-alkyl or cyclic N) is 1. The molecule has 0 aromatic heterocycles. The van der Waals surface area contributed by atoms with Gasteiger partial charge in [0, 0.05) is 26.2 Å². The smallest absolute Gasteiger partial charge is 0.252 e. The summed E-state index contributed by atoms with van der Waals surface area (Å²) in [5.74, 6) is -0.268. The number of nitrogens with one attached hydrogen (secondary N) is 1. The van der Waals surface area contributed by atoms with Crippen LogP contribution < -0.4 is 5.32 Å². The van der Waals surface area contributed by atoms with Gasteiger partial charge in [-0.05, 0) is 25.5 Å². The molecule has 0 saturated carbocycles. The standard InChI is InChI=1S/C16H23ClN2O3/c1-12-4-3-5-13(14(12)17)15(20)18-10-16(2,21)11-19-6-8-22-9-7-19/h3-5,21H,6-11H2,1-2H3,(H,18,20). The van der Waals surface area contributed by atoms with Crippen molar-refractivity contribution in [3.05, 3.63) is 34.3 Å². The predicted octanol–water partition coefficient (Wildman–Crippen LogP) is 1.46. The molecule has 1 fully saturated rings. The number of carbonyl (C=O) groups is 1. The van der Waals surface area contributed by atoms with Crippen molar-refractivity contribution < 1.29 is 14.6 Å². The van der Waals surface area contributed by atoms with Crippen molar-refractivity contribution in [2.45, 2.75) is 19.4 Å². The highest BCUT2D eigenvalue weighted by Gasteiger charge is 2.26. The number of aliphatic hydroxyl groups is 1. The molecular formula is C16H23ClN2O3. The monoisotopic (exact) mass is 326 g/mol. The maximum Gasteiger partial charge on any atom is 0.252 e. The summed E-state index contributed by atoms with van der Waals surface area (Å²) in [5, 5.41) is 13.7. The Morgan fingerprint density at radius 3 is 2.82 bits per heavy atom. The zero-order chi connectivity index (χ0) is 16.2. The molecule has 1 amide bonds. The maximum atomic E-state index is 12.2. The first-order valence-electron chi connectivity index (χ1n) is 7.45. The normalized spacial score (nSPS) is 18.7. The van der Waals surface area contributed by atoms with Crippen LogP contribution in [0.15, 0.2) is 18.2 Å². The highest BCUT2D eigenvalue weighted by Crippen LogP contribution is 2.20. The van der Waals surface area contributed by atoms with E-state index in [2.05, 4.69) is 10.2 Å². The molecule has 0 radical (unpaired) electrons. The van der Waals surface area contributed by atoms with Gasteiger partial charge in [0.15, 0.2) is 0 Å². The van der Waals surface area contributed by atoms with Gasteiger partial charge in [0.1, 0.15) is 0 Å². The SMILES string of the molecule is Cc1cccc(C(=O)NCC(C)(O)CN2CCOCC2)c1Cl. The molecule has 6 heteroatoms.